The van der Waals surface area contributed by atoms with Crippen molar-refractivity contribution in [2.45, 2.75) is 25.9 Å². The highest BCUT2D eigenvalue weighted by molar-refractivity contribution is 5.95. The first kappa shape index (κ1) is 22.6. The molecule has 0 aliphatic carbocycles. The fourth-order valence-corrected chi connectivity index (χ4v) is 4.47. The Balaban J connectivity index is 1.58. The maximum absolute atomic E-state index is 13.9. The Bertz CT molecular complexity index is 1400. The van der Waals surface area contributed by atoms with Crippen LogP contribution in [0.5, 0.6) is 11.5 Å². The number of para-hydroxylation sites is 1. The molecule has 0 fully saturated rings. The molecule has 8 heteroatoms. The zero-order chi connectivity index (χ0) is 24.5. The van der Waals surface area contributed by atoms with Gasteiger partial charge in [0.1, 0.15) is 24.1 Å². The Kier molecular flexibility index (Phi) is 5.94. The highest BCUT2D eigenvalue weighted by Gasteiger charge is 2.35. The summed E-state index contributed by atoms with van der Waals surface area (Å²) in [7, 11) is 1.55. The molecule has 4 aromatic rings. The van der Waals surface area contributed by atoms with Crippen molar-refractivity contribution in [3.63, 3.8) is 0 Å². The second kappa shape index (κ2) is 9.21. The summed E-state index contributed by atoms with van der Waals surface area (Å²) in [5.41, 5.74) is 3.61. The monoisotopic (exact) mass is 475 g/mol. The van der Waals surface area contributed by atoms with E-state index in [4.69, 9.17) is 9.47 Å². The summed E-state index contributed by atoms with van der Waals surface area (Å²) in [6.45, 7) is 2.05. The maximum atomic E-state index is 13.9. The van der Waals surface area contributed by atoms with Gasteiger partial charge in [-0.3, -0.25) is 4.79 Å². The highest BCUT2D eigenvalue weighted by Crippen LogP contribution is 2.46. The third-order valence-corrected chi connectivity index (χ3v) is 6.06. The molecule has 5 rings (SSSR count). The molecule has 1 N–H and O–H groups in total. The van der Waals surface area contributed by atoms with Crippen LogP contribution in [0.1, 0.15) is 34.7 Å². The third kappa shape index (κ3) is 4.35. The molecule has 2 heterocycles. The molecule has 0 spiro atoms. The van der Waals surface area contributed by atoms with Crippen molar-refractivity contribution in [2.24, 2.45) is 0 Å². The summed E-state index contributed by atoms with van der Waals surface area (Å²) in [5, 5.41) is 7.53. The minimum absolute atomic E-state index is 0.183. The first-order chi connectivity index (χ1) is 16.9. The Morgan fingerprint density at radius 1 is 1.06 bits per heavy atom. The molecule has 1 aliphatic heterocycles. The molecule has 0 unspecified atom stereocenters. The zero-order valence-electron chi connectivity index (χ0n) is 19.2. The normalized spacial score (nSPS) is 14.9. The molecular weight excluding hydrogens is 452 g/mol. The molecule has 1 amide bonds. The lowest BCUT2D eigenvalue weighted by atomic mass is 9.85. The summed E-state index contributed by atoms with van der Waals surface area (Å²) in [6.07, 6.45) is 0.183. The third-order valence-electron chi connectivity index (χ3n) is 6.06. The Hall–Kier alpha value is -4.20. The van der Waals surface area contributed by atoms with Crippen LogP contribution in [0.2, 0.25) is 0 Å². The molecule has 178 valence electrons. The number of carbonyl (C=O) groups is 1. The van der Waals surface area contributed by atoms with Gasteiger partial charge in [-0.15, -0.1) is 0 Å². The number of halogens is 2. The molecule has 0 saturated carbocycles. The topological polar surface area (TPSA) is 65.4 Å². The van der Waals surface area contributed by atoms with E-state index in [0.29, 0.717) is 28.7 Å². The van der Waals surface area contributed by atoms with E-state index < -0.39 is 5.82 Å². The van der Waals surface area contributed by atoms with Gasteiger partial charge in [-0.25, -0.2) is 13.5 Å². The molecule has 6 nitrogen and oxygen atoms in total. The van der Waals surface area contributed by atoms with E-state index in [1.54, 1.807) is 42.1 Å². The number of carbonyl (C=O) groups excluding carboxylic acids is 1. The van der Waals surface area contributed by atoms with Crippen LogP contribution in [-0.2, 0) is 11.4 Å². The van der Waals surface area contributed by atoms with E-state index in [-0.39, 0.29) is 30.7 Å². The van der Waals surface area contributed by atoms with E-state index in [2.05, 4.69) is 10.4 Å². The Morgan fingerprint density at radius 2 is 1.83 bits per heavy atom. The van der Waals surface area contributed by atoms with Crippen molar-refractivity contribution in [3.8, 4) is 17.2 Å². The molecule has 1 atom stereocenters. The number of hydrogen-bond donors (Lipinski definition) is 1. The first-order valence-electron chi connectivity index (χ1n) is 11.1. The lowest BCUT2D eigenvalue weighted by Crippen LogP contribution is -2.25. The van der Waals surface area contributed by atoms with Gasteiger partial charge in [0.15, 0.2) is 11.5 Å². The van der Waals surface area contributed by atoms with Crippen LogP contribution >= 0.6 is 0 Å². The number of benzene rings is 3. The average molecular weight is 475 g/mol. The van der Waals surface area contributed by atoms with Gasteiger partial charge in [-0.2, -0.15) is 5.10 Å². The predicted molar refractivity (Wildman–Crippen MR) is 127 cm³/mol. The summed E-state index contributed by atoms with van der Waals surface area (Å²) < 4.78 is 40.5. The van der Waals surface area contributed by atoms with Gasteiger partial charge in [-0.1, -0.05) is 30.3 Å². The van der Waals surface area contributed by atoms with Crippen LogP contribution < -0.4 is 14.8 Å². The van der Waals surface area contributed by atoms with Gasteiger partial charge >= 0.3 is 0 Å². The Morgan fingerprint density at radius 3 is 2.57 bits per heavy atom. The molecule has 0 radical (unpaired) electrons. The molecule has 35 heavy (non-hydrogen) atoms. The van der Waals surface area contributed by atoms with Crippen molar-refractivity contribution in [2.75, 3.05) is 12.4 Å². The van der Waals surface area contributed by atoms with E-state index >= 15 is 0 Å². The molecule has 1 aliphatic rings. The van der Waals surface area contributed by atoms with Gasteiger partial charge in [0.05, 0.1) is 18.5 Å². The van der Waals surface area contributed by atoms with Crippen LogP contribution in [-0.4, -0.2) is 22.8 Å². The number of fused-ring (bicyclic) bond motifs is 1. The summed E-state index contributed by atoms with van der Waals surface area (Å²) in [6, 6.07) is 17.7. The number of hydrogen-bond acceptors (Lipinski definition) is 4. The van der Waals surface area contributed by atoms with Gasteiger partial charge < -0.3 is 14.8 Å². The lowest BCUT2D eigenvalue weighted by molar-refractivity contribution is -0.116. The number of nitrogens with zero attached hydrogens (tertiary/aromatic N) is 2. The largest absolute Gasteiger partial charge is 0.493 e. The second-order valence-electron chi connectivity index (χ2n) is 8.34. The quantitative estimate of drug-likeness (QED) is 0.399. The van der Waals surface area contributed by atoms with Crippen molar-refractivity contribution >= 4 is 11.7 Å². The first-order valence-corrected chi connectivity index (χ1v) is 11.1. The summed E-state index contributed by atoms with van der Waals surface area (Å²) >= 11 is 0. The van der Waals surface area contributed by atoms with Crippen molar-refractivity contribution < 1.29 is 23.0 Å². The highest BCUT2D eigenvalue weighted by atomic mass is 19.1. The van der Waals surface area contributed by atoms with Crippen LogP contribution in [0.15, 0.2) is 66.7 Å². The van der Waals surface area contributed by atoms with Gasteiger partial charge in [0.2, 0.25) is 5.91 Å². The second-order valence-corrected chi connectivity index (χ2v) is 8.34. The SMILES string of the molecule is COc1cccc([C@@H]2CC(=O)Nc3c2c(C)nn3-c2cccc(F)c2)c1OCc1ccc(F)cc1. The predicted octanol–water partition coefficient (Wildman–Crippen LogP) is 5.52. The van der Waals surface area contributed by atoms with E-state index in [1.165, 1.54) is 24.3 Å². The zero-order valence-corrected chi connectivity index (χ0v) is 19.2. The number of aryl methyl sites for hydroxylation is 1. The number of methoxy groups -OCH3 is 1. The van der Waals surface area contributed by atoms with Gasteiger partial charge in [0.25, 0.3) is 0 Å². The Labute approximate surface area is 201 Å². The van der Waals surface area contributed by atoms with Crippen LogP contribution in [0.3, 0.4) is 0 Å². The average Bonchev–Trinajstić information content (AvgIpc) is 3.19. The lowest BCUT2D eigenvalue weighted by Gasteiger charge is -2.26. The van der Waals surface area contributed by atoms with Crippen molar-refractivity contribution in [3.05, 3.63) is 101 Å². The van der Waals surface area contributed by atoms with E-state index in [0.717, 1.165) is 16.7 Å². The number of aromatic nitrogens is 2. The van der Waals surface area contributed by atoms with Crippen molar-refractivity contribution in [1.29, 1.82) is 0 Å². The summed E-state index contributed by atoms with van der Waals surface area (Å²) in [5.74, 6) is 0.259. The number of anilines is 1. The maximum Gasteiger partial charge on any atom is 0.226 e. The molecule has 0 bridgehead atoms. The number of ether oxygens (including phenoxy) is 2. The standard InChI is InChI=1S/C27H23F2N3O3/c1-16-25-22(14-24(33)30-27(25)32(31-16)20-6-3-5-19(29)13-20)21-7-4-8-23(34-2)26(21)35-15-17-9-11-18(28)12-10-17/h3-13,22H,14-15H2,1-2H3,(H,30,33)/t22-/m0/s1. The molecule has 1 aromatic heterocycles. The fraction of sp³-hybridized carbons (Fsp3) is 0.185. The number of amides is 1. The van der Waals surface area contributed by atoms with Gasteiger partial charge in [0, 0.05) is 23.5 Å². The minimum atomic E-state index is -0.396. The van der Waals surface area contributed by atoms with E-state index in [1.807, 2.05) is 19.1 Å². The van der Waals surface area contributed by atoms with Crippen molar-refractivity contribution in [1.82, 2.24) is 9.78 Å². The van der Waals surface area contributed by atoms with Crippen LogP contribution in [0, 0.1) is 18.6 Å². The minimum Gasteiger partial charge on any atom is -0.493 e. The van der Waals surface area contributed by atoms with Crippen LogP contribution in [0.4, 0.5) is 14.6 Å². The smallest absolute Gasteiger partial charge is 0.226 e. The summed E-state index contributed by atoms with van der Waals surface area (Å²) in [4.78, 5) is 12.8. The van der Waals surface area contributed by atoms with E-state index in [9.17, 15) is 13.6 Å². The molecule has 0 saturated heterocycles. The van der Waals surface area contributed by atoms with Crippen LogP contribution in [0.25, 0.3) is 5.69 Å². The molecular formula is C27H23F2N3O3. The number of nitrogens with one attached hydrogen (secondary N) is 1. The fourth-order valence-electron chi connectivity index (χ4n) is 4.47. The number of rotatable bonds is 6. The molecule has 3 aromatic carbocycles. The van der Waals surface area contributed by atoms with Gasteiger partial charge in [-0.05, 0) is 48.9 Å².